The summed E-state index contributed by atoms with van der Waals surface area (Å²) in [6.45, 7) is 8.93. The molecule has 0 aromatic rings. The van der Waals surface area contributed by atoms with Crippen LogP contribution in [0.1, 0.15) is 6.92 Å². The van der Waals surface area contributed by atoms with E-state index in [0.717, 1.165) is 32.7 Å². The minimum absolute atomic E-state index is 0.244. The summed E-state index contributed by atoms with van der Waals surface area (Å²) in [5.41, 5.74) is 0. The van der Waals surface area contributed by atoms with Crippen molar-refractivity contribution in [2.75, 3.05) is 45.9 Å². The molecule has 4 nitrogen and oxygen atoms in total. The number of ether oxygens (including phenoxy) is 1. The first kappa shape index (κ1) is 10.4. The molecule has 0 radical (unpaired) electrons. The lowest BCUT2D eigenvalue weighted by Crippen LogP contribution is -2.53. The minimum Gasteiger partial charge on any atom is -0.389 e. The number of nitrogens with zero attached hydrogens (tertiary/aromatic N) is 2. The number of rotatable bonds is 2. The van der Waals surface area contributed by atoms with E-state index in [2.05, 4.69) is 16.7 Å². The van der Waals surface area contributed by atoms with Gasteiger partial charge in [-0.15, -0.1) is 0 Å². The molecule has 2 aliphatic heterocycles. The second kappa shape index (κ2) is 4.57. The average molecular weight is 200 g/mol. The van der Waals surface area contributed by atoms with Crippen molar-refractivity contribution < 1.29 is 9.84 Å². The molecule has 0 aliphatic carbocycles. The van der Waals surface area contributed by atoms with Gasteiger partial charge in [-0.2, -0.15) is 0 Å². The van der Waals surface area contributed by atoms with E-state index in [4.69, 9.17) is 4.74 Å². The van der Waals surface area contributed by atoms with Crippen molar-refractivity contribution in [3.05, 3.63) is 0 Å². The summed E-state index contributed by atoms with van der Waals surface area (Å²) in [5.74, 6) is 0. The van der Waals surface area contributed by atoms with Gasteiger partial charge in [-0.05, 0) is 6.54 Å². The SMILES string of the molecule is CCN1CCN([C@@H]2COC[C@@H]2O)CC1. The van der Waals surface area contributed by atoms with E-state index < -0.39 is 0 Å². The predicted molar refractivity (Wildman–Crippen MR) is 54.3 cm³/mol. The maximum Gasteiger partial charge on any atom is 0.0950 e. The summed E-state index contributed by atoms with van der Waals surface area (Å²) < 4.78 is 5.27. The number of piperazine rings is 1. The maximum absolute atomic E-state index is 9.68. The number of aliphatic hydroxyl groups is 1. The third kappa shape index (κ3) is 2.08. The lowest BCUT2D eigenvalue weighted by molar-refractivity contribution is 0.0459. The van der Waals surface area contributed by atoms with Gasteiger partial charge in [0.05, 0.1) is 25.4 Å². The second-order valence-corrected chi connectivity index (χ2v) is 4.14. The van der Waals surface area contributed by atoms with Gasteiger partial charge < -0.3 is 14.7 Å². The largest absolute Gasteiger partial charge is 0.389 e. The van der Waals surface area contributed by atoms with Crippen LogP contribution in [0.15, 0.2) is 0 Å². The molecular weight excluding hydrogens is 180 g/mol. The summed E-state index contributed by atoms with van der Waals surface area (Å²) in [6.07, 6.45) is -0.275. The van der Waals surface area contributed by atoms with E-state index in [-0.39, 0.29) is 12.1 Å². The van der Waals surface area contributed by atoms with E-state index in [1.54, 1.807) is 0 Å². The van der Waals surface area contributed by atoms with Gasteiger partial charge in [0.25, 0.3) is 0 Å². The van der Waals surface area contributed by atoms with E-state index in [0.29, 0.717) is 13.2 Å². The Morgan fingerprint density at radius 1 is 1.21 bits per heavy atom. The van der Waals surface area contributed by atoms with Crippen LogP contribution in [0.5, 0.6) is 0 Å². The molecule has 0 unspecified atom stereocenters. The quantitative estimate of drug-likeness (QED) is 0.645. The van der Waals surface area contributed by atoms with Crippen LogP contribution in [-0.4, -0.2) is 73.0 Å². The summed E-state index contributed by atoms with van der Waals surface area (Å²) in [7, 11) is 0. The molecule has 2 heterocycles. The first-order valence-corrected chi connectivity index (χ1v) is 5.53. The molecule has 0 bridgehead atoms. The third-order valence-corrected chi connectivity index (χ3v) is 3.34. The predicted octanol–water partition coefficient (Wildman–Crippen LogP) is -0.616. The van der Waals surface area contributed by atoms with Crippen molar-refractivity contribution in [1.82, 2.24) is 9.80 Å². The molecule has 0 saturated carbocycles. The molecule has 82 valence electrons. The Morgan fingerprint density at radius 2 is 1.93 bits per heavy atom. The summed E-state index contributed by atoms with van der Waals surface area (Å²) in [4.78, 5) is 4.81. The van der Waals surface area contributed by atoms with Crippen molar-refractivity contribution in [3.8, 4) is 0 Å². The molecule has 2 aliphatic rings. The first-order chi connectivity index (χ1) is 6.81. The topological polar surface area (TPSA) is 35.9 Å². The number of hydrogen-bond donors (Lipinski definition) is 1. The zero-order valence-electron chi connectivity index (χ0n) is 8.85. The van der Waals surface area contributed by atoms with Crippen LogP contribution >= 0.6 is 0 Å². The van der Waals surface area contributed by atoms with E-state index >= 15 is 0 Å². The molecule has 2 rings (SSSR count). The molecule has 1 N–H and O–H groups in total. The Labute approximate surface area is 85.4 Å². The van der Waals surface area contributed by atoms with Crippen molar-refractivity contribution in [2.45, 2.75) is 19.1 Å². The van der Waals surface area contributed by atoms with Crippen molar-refractivity contribution in [2.24, 2.45) is 0 Å². The van der Waals surface area contributed by atoms with E-state index in [1.807, 2.05) is 0 Å². The number of hydrogen-bond acceptors (Lipinski definition) is 4. The fourth-order valence-corrected chi connectivity index (χ4v) is 2.29. The molecule has 0 aromatic carbocycles. The number of likely N-dealkylation sites (N-methyl/N-ethyl adjacent to an activating group) is 1. The Bertz CT molecular complexity index is 181. The van der Waals surface area contributed by atoms with Crippen molar-refractivity contribution in [3.63, 3.8) is 0 Å². The molecule has 2 saturated heterocycles. The standard InChI is InChI=1S/C10H20N2O2/c1-2-11-3-5-12(6-4-11)9-7-14-8-10(9)13/h9-10,13H,2-8H2,1H3/t9-,10+/m1/s1. The van der Waals surface area contributed by atoms with Gasteiger partial charge in [-0.3, -0.25) is 4.90 Å². The van der Waals surface area contributed by atoms with Gasteiger partial charge in [0.1, 0.15) is 0 Å². The smallest absolute Gasteiger partial charge is 0.0950 e. The highest BCUT2D eigenvalue weighted by Gasteiger charge is 2.32. The molecule has 2 atom stereocenters. The molecule has 0 aromatic heterocycles. The van der Waals surface area contributed by atoms with Crippen LogP contribution in [0.25, 0.3) is 0 Å². The average Bonchev–Trinajstić information content (AvgIpc) is 2.65. The third-order valence-electron chi connectivity index (χ3n) is 3.34. The molecule has 0 amide bonds. The lowest BCUT2D eigenvalue weighted by atomic mass is 10.1. The van der Waals surface area contributed by atoms with Crippen molar-refractivity contribution in [1.29, 1.82) is 0 Å². The first-order valence-electron chi connectivity index (χ1n) is 5.53. The molecule has 2 fully saturated rings. The summed E-state index contributed by atoms with van der Waals surface area (Å²) in [5, 5.41) is 9.68. The van der Waals surface area contributed by atoms with Gasteiger partial charge in [-0.25, -0.2) is 0 Å². The second-order valence-electron chi connectivity index (χ2n) is 4.14. The van der Waals surface area contributed by atoms with Gasteiger partial charge >= 0.3 is 0 Å². The Morgan fingerprint density at radius 3 is 2.43 bits per heavy atom. The fourth-order valence-electron chi connectivity index (χ4n) is 2.29. The molecular formula is C10H20N2O2. The van der Waals surface area contributed by atoms with Crippen LogP contribution in [0.3, 0.4) is 0 Å². The molecule has 14 heavy (non-hydrogen) atoms. The van der Waals surface area contributed by atoms with Crippen LogP contribution in [0.4, 0.5) is 0 Å². The summed E-state index contributed by atoms with van der Waals surface area (Å²) in [6, 6.07) is 0.244. The highest BCUT2D eigenvalue weighted by atomic mass is 16.5. The zero-order chi connectivity index (χ0) is 9.97. The Hall–Kier alpha value is -0.160. The van der Waals surface area contributed by atoms with Gasteiger partial charge in [0.2, 0.25) is 0 Å². The van der Waals surface area contributed by atoms with Crippen LogP contribution in [-0.2, 0) is 4.74 Å². The van der Waals surface area contributed by atoms with E-state index in [1.165, 1.54) is 0 Å². The highest BCUT2D eigenvalue weighted by Crippen LogP contribution is 2.15. The monoisotopic (exact) mass is 200 g/mol. The molecule has 4 heteroatoms. The molecule has 0 spiro atoms. The Balaban J connectivity index is 1.82. The number of aliphatic hydroxyl groups excluding tert-OH is 1. The lowest BCUT2D eigenvalue weighted by Gasteiger charge is -2.37. The van der Waals surface area contributed by atoms with Crippen LogP contribution in [0.2, 0.25) is 0 Å². The zero-order valence-corrected chi connectivity index (χ0v) is 8.85. The van der Waals surface area contributed by atoms with Crippen molar-refractivity contribution >= 4 is 0 Å². The summed E-state index contributed by atoms with van der Waals surface area (Å²) >= 11 is 0. The highest BCUT2D eigenvalue weighted by molar-refractivity contribution is 4.86. The Kier molecular flexibility index (Phi) is 3.38. The maximum atomic E-state index is 9.68. The van der Waals surface area contributed by atoms with Gasteiger partial charge in [0, 0.05) is 26.2 Å². The van der Waals surface area contributed by atoms with E-state index in [9.17, 15) is 5.11 Å². The minimum atomic E-state index is -0.275. The van der Waals surface area contributed by atoms with Crippen LogP contribution in [0, 0.1) is 0 Å². The fraction of sp³-hybridized carbons (Fsp3) is 1.00. The van der Waals surface area contributed by atoms with Crippen LogP contribution < -0.4 is 0 Å². The van der Waals surface area contributed by atoms with Gasteiger partial charge in [-0.1, -0.05) is 6.92 Å². The normalized spacial score (nSPS) is 36.4. The van der Waals surface area contributed by atoms with Gasteiger partial charge in [0.15, 0.2) is 0 Å².